The van der Waals surface area contributed by atoms with Gasteiger partial charge in [-0.25, -0.2) is 18.7 Å². The number of fused-ring (bicyclic) bond motifs is 2. The highest BCUT2D eigenvalue weighted by molar-refractivity contribution is 7.96. The normalized spacial score (nSPS) is 18.4. The summed E-state index contributed by atoms with van der Waals surface area (Å²) in [5, 5.41) is 15.2. The van der Waals surface area contributed by atoms with Gasteiger partial charge in [-0.05, 0) is 68.0 Å². The van der Waals surface area contributed by atoms with Crippen molar-refractivity contribution in [3.05, 3.63) is 52.3 Å². The van der Waals surface area contributed by atoms with Gasteiger partial charge in [0.2, 0.25) is 0 Å². The maximum atomic E-state index is 12.9. The van der Waals surface area contributed by atoms with Crippen LogP contribution in [0.5, 0.6) is 0 Å². The monoisotopic (exact) mass is 674 g/mol. The summed E-state index contributed by atoms with van der Waals surface area (Å²) in [5.41, 5.74) is 4.16. The summed E-state index contributed by atoms with van der Waals surface area (Å²) in [6.45, 7) is 11.0. The first-order valence-electron chi connectivity index (χ1n) is 15.6. The Hall–Kier alpha value is -2.96. The van der Waals surface area contributed by atoms with E-state index < -0.39 is 18.6 Å². The third kappa shape index (κ3) is 7.44. The number of alkyl halides is 4. The quantitative estimate of drug-likeness (QED) is 0.149. The molecule has 0 amide bonds. The third-order valence-electron chi connectivity index (χ3n) is 9.23. The molecule has 2 fully saturated rings. The van der Waals surface area contributed by atoms with Gasteiger partial charge in [0.15, 0.2) is 0 Å². The van der Waals surface area contributed by atoms with Crippen molar-refractivity contribution in [2.24, 2.45) is 0 Å². The average molecular weight is 675 g/mol. The van der Waals surface area contributed by atoms with E-state index in [1.54, 1.807) is 6.07 Å². The first kappa shape index (κ1) is 33.0. The van der Waals surface area contributed by atoms with E-state index in [-0.39, 0.29) is 17.0 Å². The number of thiophene rings is 1. The van der Waals surface area contributed by atoms with Gasteiger partial charge < -0.3 is 9.88 Å². The zero-order valence-corrected chi connectivity index (χ0v) is 27.6. The van der Waals surface area contributed by atoms with Crippen molar-refractivity contribution < 1.29 is 17.6 Å². The van der Waals surface area contributed by atoms with Crippen LogP contribution in [0.1, 0.15) is 41.5 Å². The minimum Gasteiger partial charge on any atom is -0.367 e. The highest BCUT2D eigenvalue weighted by atomic mass is 32.2. The van der Waals surface area contributed by atoms with Gasteiger partial charge in [0.05, 0.1) is 11.8 Å². The molecule has 4 aromatic rings. The summed E-state index contributed by atoms with van der Waals surface area (Å²) in [6, 6.07) is 10.3. The summed E-state index contributed by atoms with van der Waals surface area (Å²) in [5.74, 6) is 0.597. The molecule has 0 spiro atoms. The maximum absolute atomic E-state index is 12.9. The SMILES string of the molecule is Cc1c(CN2CCC(Nc3ncnc4sc(CC(F)(F)F)cc34)CC2)ccc2c1cc(C#N)n2C[C@H](C)N1CCN(SCF)CC1. The molecule has 246 valence electrons. The van der Waals surface area contributed by atoms with Crippen LogP contribution in [0.25, 0.3) is 21.1 Å². The topological polar surface area (TPSA) is 76.2 Å². The third-order valence-corrected chi connectivity index (χ3v) is 11.1. The molecule has 2 aliphatic heterocycles. The Kier molecular flexibility index (Phi) is 10.1. The van der Waals surface area contributed by atoms with Gasteiger partial charge in [-0.1, -0.05) is 6.07 Å². The molecule has 0 saturated carbocycles. The van der Waals surface area contributed by atoms with E-state index in [2.05, 4.69) is 66.0 Å². The zero-order chi connectivity index (χ0) is 32.4. The molecule has 3 aromatic heterocycles. The standard InChI is InChI=1S/C32H38F4N8S2/c1-21(42-9-11-43(12-10-42)45-19-33)17-44-25(16-37)13-27-22(2)23(3-4-29(27)44)18-41-7-5-24(6-8-41)40-30-28-14-26(15-32(34,35)36)46-31(28)39-20-38-30/h3-4,13-14,20-21,24H,5-12,15,17-19H2,1-2H3,(H,38,39,40)/t21-/m0/s1. The predicted octanol–water partition coefficient (Wildman–Crippen LogP) is 6.59. The minimum atomic E-state index is -4.26. The van der Waals surface area contributed by atoms with Gasteiger partial charge >= 0.3 is 6.18 Å². The molecule has 1 N–H and O–H groups in total. The average Bonchev–Trinajstić information content (AvgIpc) is 3.60. The molecule has 0 bridgehead atoms. The molecule has 46 heavy (non-hydrogen) atoms. The fourth-order valence-corrected chi connectivity index (χ4v) is 8.26. The molecular weight excluding hydrogens is 637 g/mol. The Bertz CT molecular complexity index is 1700. The Balaban J connectivity index is 1.08. The molecular formula is C32H38F4N8S2. The van der Waals surface area contributed by atoms with Gasteiger partial charge in [-0.3, -0.25) is 9.80 Å². The number of nitriles is 1. The Morgan fingerprint density at radius 3 is 2.54 bits per heavy atom. The summed E-state index contributed by atoms with van der Waals surface area (Å²) in [4.78, 5) is 14.2. The molecule has 6 rings (SSSR count). The lowest BCUT2D eigenvalue weighted by molar-refractivity contribution is -0.126. The van der Waals surface area contributed by atoms with E-state index in [0.717, 1.165) is 87.4 Å². The summed E-state index contributed by atoms with van der Waals surface area (Å²) >= 11 is 2.31. The van der Waals surface area contributed by atoms with Crippen LogP contribution in [0.15, 0.2) is 30.6 Å². The lowest BCUT2D eigenvalue weighted by Gasteiger charge is -2.37. The van der Waals surface area contributed by atoms with Crippen LogP contribution < -0.4 is 5.32 Å². The predicted molar refractivity (Wildman–Crippen MR) is 177 cm³/mol. The van der Waals surface area contributed by atoms with E-state index in [9.17, 15) is 22.8 Å². The van der Waals surface area contributed by atoms with Gasteiger partial charge in [0, 0.05) is 80.2 Å². The molecule has 2 aliphatic rings. The second-order valence-corrected chi connectivity index (χ2v) is 14.3. The van der Waals surface area contributed by atoms with Crippen LogP contribution in [0.2, 0.25) is 0 Å². The van der Waals surface area contributed by atoms with Crippen molar-refractivity contribution in [3.63, 3.8) is 0 Å². The van der Waals surface area contributed by atoms with E-state index >= 15 is 0 Å². The first-order valence-corrected chi connectivity index (χ1v) is 17.4. The number of nitrogens with one attached hydrogen (secondary N) is 1. The zero-order valence-electron chi connectivity index (χ0n) is 26.0. The molecule has 1 aromatic carbocycles. The lowest BCUT2D eigenvalue weighted by atomic mass is 10.0. The fraction of sp³-hybridized carbons (Fsp3) is 0.531. The first-order chi connectivity index (χ1) is 22.1. The van der Waals surface area contributed by atoms with Crippen molar-refractivity contribution in [1.82, 2.24) is 28.6 Å². The minimum absolute atomic E-state index is 0.170. The number of halogens is 4. The van der Waals surface area contributed by atoms with Crippen LogP contribution in [-0.2, 0) is 19.5 Å². The Labute approximate surface area is 274 Å². The molecule has 0 aliphatic carbocycles. The van der Waals surface area contributed by atoms with Gasteiger partial charge in [-0.2, -0.15) is 18.4 Å². The van der Waals surface area contributed by atoms with E-state index in [1.807, 2.05) is 6.07 Å². The highest BCUT2D eigenvalue weighted by Gasteiger charge is 2.29. The number of rotatable bonds is 10. The van der Waals surface area contributed by atoms with Crippen molar-refractivity contribution in [2.75, 3.05) is 50.6 Å². The number of aromatic nitrogens is 3. The number of benzene rings is 1. The smallest absolute Gasteiger partial charge is 0.367 e. The van der Waals surface area contributed by atoms with Crippen LogP contribution in [0.3, 0.4) is 0 Å². The molecule has 14 heteroatoms. The molecule has 8 nitrogen and oxygen atoms in total. The number of aryl methyl sites for hydroxylation is 1. The summed E-state index contributed by atoms with van der Waals surface area (Å²) < 4.78 is 55.7. The summed E-state index contributed by atoms with van der Waals surface area (Å²) in [7, 11) is 0. The van der Waals surface area contributed by atoms with Crippen molar-refractivity contribution >= 4 is 50.2 Å². The number of piperazine rings is 1. The summed E-state index contributed by atoms with van der Waals surface area (Å²) in [6.07, 6.45) is -2.03. The van der Waals surface area contributed by atoms with Crippen LogP contribution in [0.4, 0.5) is 23.4 Å². The van der Waals surface area contributed by atoms with E-state index in [1.165, 1.54) is 29.4 Å². The molecule has 2 saturated heterocycles. The van der Waals surface area contributed by atoms with E-state index in [0.29, 0.717) is 21.7 Å². The van der Waals surface area contributed by atoms with Gasteiger partial charge in [0.1, 0.15) is 34.7 Å². The number of hydrogen-bond donors (Lipinski definition) is 1. The largest absolute Gasteiger partial charge is 0.393 e. The highest BCUT2D eigenvalue weighted by Crippen LogP contribution is 2.34. The number of nitrogens with zero attached hydrogens (tertiary/aromatic N) is 7. The van der Waals surface area contributed by atoms with Gasteiger partial charge in [0.25, 0.3) is 0 Å². The number of piperidine rings is 1. The van der Waals surface area contributed by atoms with Crippen molar-refractivity contribution in [1.29, 1.82) is 5.26 Å². The van der Waals surface area contributed by atoms with Crippen molar-refractivity contribution in [2.45, 2.75) is 64.5 Å². The Morgan fingerprint density at radius 1 is 1.09 bits per heavy atom. The van der Waals surface area contributed by atoms with E-state index in [4.69, 9.17) is 0 Å². The number of hydrogen-bond acceptors (Lipinski definition) is 9. The fourth-order valence-electron chi connectivity index (χ4n) is 6.68. The van der Waals surface area contributed by atoms with Gasteiger partial charge in [-0.15, -0.1) is 11.3 Å². The second kappa shape index (κ2) is 14.0. The van der Waals surface area contributed by atoms with Crippen LogP contribution in [-0.4, -0.2) is 92.2 Å². The molecule has 0 radical (unpaired) electrons. The number of anilines is 1. The van der Waals surface area contributed by atoms with Crippen LogP contribution in [0, 0.1) is 18.3 Å². The molecule has 5 heterocycles. The lowest BCUT2D eigenvalue weighted by Crippen LogP contribution is -2.48. The molecule has 1 atom stereocenters. The van der Waals surface area contributed by atoms with Crippen LogP contribution >= 0.6 is 23.3 Å². The maximum Gasteiger partial charge on any atom is 0.393 e. The second-order valence-electron chi connectivity index (χ2n) is 12.2. The number of likely N-dealkylation sites (tertiary alicyclic amines) is 1. The molecule has 0 unspecified atom stereocenters. The van der Waals surface area contributed by atoms with Crippen molar-refractivity contribution in [3.8, 4) is 6.07 Å². The Morgan fingerprint density at radius 2 is 1.85 bits per heavy atom.